The Labute approximate surface area is 185 Å². The number of pyridine rings is 1. The second-order valence-corrected chi connectivity index (χ2v) is 8.02. The molecule has 3 heterocycles. The molecule has 2 amide bonds. The number of nitrogens with one attached hydrogen (secondary N) is 1. The average Bonchev–Trinajstić information content (AvgIpc) is 3.13. The van der Waals surface area contributed by atoms with Gasteiger partial charge in [-0.1, -0.05) is 12.1 Å². The van der Waals surface area contributed by atoms with Crippen LogP contribution in [-0.4, -0.2) is 63.1 Å². The Morgan fingerprint density at radius 1 is 1.06 bits per heavy atom. The quantitative estimate of drug-likeness (QED) is 0.591. The van der Waals surface area contributed by atoms with Crippen molar-refractivity contribution in [1.29, 1.82) is 0 Å². The van der Waals surface area contributed by atoms with Gasteiger partial charge in [0.25, 0.3) is 0 Å². The van der Waals surface area contributed by atoms with Crippen LogP contribution in [0.15, 0.2) is 47.1 Å². The lowest BCUT2D eigenvalue weighted by molar-refractivity contribution is -0.147. The van der Waals surface area contributed by atoms with Gasteiger partial charge in [0.2, 0.25) is 5.82 Å². The molecule has 164 valence electrons. The highest BCUT2D eigenvalue weighted by Gasteiger charge is 2.38. The first kappa shape index (κ1) is 21.6. The number of rotatable bonds is 4. The predicted octanol–water partition coefficient (Wildman–Crippen LogP) is 4.06. The molecule has 11 heteroatoms. The molecule has 1 aromatic carbocycles. The fraction of sp³-hybridized carbons (Fsp3) is 0.350. The van der Waals surface area contributed by atoms with Crippen LogP contribution in [0.2, 0.25) is 0 Å². The van der Waals surface area contributed by atoms with Crippen LogP contribution in [0.3, 0.4) is 0 Å². The Morgan fingerprint density at radius 2 is 1.81 bits per heavy atom. The number of para-hydroxylation sites is 1. The number of carbonyl (C=O) groups excluding carboxylic acids is 1. The second-order valence-electron chi connectivity index (χ2n) is 7.17. The summed E-state index contributed by atoms with van der Waals surface area (Å²) in [5.74, 6) is -0.937. The van der Waals surface area contributed by atoms with Gasteiger partial charge in [-0.25, -0.2) is 14.8 Å². The van der Waals surface area contributed by atoms with Crippen molar-refractivity contribution in [3.63, 3.8) is 0 Å². The third kappa shape index (κ3) is 4.82. The van der Waals surface area contributed by atoms with E-state index in [4.69, 9.17) is 0 Å². The van der Waals surface area contributed by atoms with Gasteiger partial charge in [-0.15, -0.1) is 0 Å². The van der Waals surface area contributed by atoms with Crippen molar-refractivity contribution in [2.24, 2.45) is 0 Å². The number of fused-ring (bicyclic) bond motifs is 1. The van der Waals surface area contributed by atoms with E-state index in [1.165, 1.54) is 12.3 Å². The number of anilines is 1. The molecule has 1 aliphatic heterocycles. The van der Waals surface area contributed by atoms with Gasteiger partial charge in [-0.2, -0.15) is 13.2 Å². The number of amides is 2. The SMILES string of the molecule is O=C(Nc1ccccc1Br)N1CCN(CCn2c(C(F)(F)F)nc3cccnc32)CC1. The molecule has 3 aromatic rings. The molecule has 1 fully saturated rings. The number of hydrogen-bond donors (Lipinski definition) is 1. The number of hydrogen-bond acceptors (Lipinski definition) is 4. The average molecular weight is 497 g/mol. The highest BCUT2D eigenvalue weighted by molar-refractivity contribution is 9.10. The van der Waals surface area contributed by atoms with Crippen molar-refractivity contribution >= 4 is 38.8 Å². The van der Waals surface area contributed by atoms with E-state index in [1.807, 2.05) is 23.1 Å². The van der Waals surface area contributed by atoms with Crippen LogP contribution in [0, 0.1) is 0 Å². The lowest BCUT2D eigenvalue weighted by Gasteiger charge is -2.34. The second kappa shape index (κ2) is 8.83. The van der Waals surface area contributed by atoms with E-state index < -0.39 is 12.0 Å². The zero-order chi connectivity index (χ0) is 22.0. The Morgan fingerprint density at radius 3 is 2.52 bits per heavy atom. The maximum atomic E-state index is 13.4. The summed E-state index contributed by atoms with van der Waals surface area (Å²) in [5.41, 5.74) is 1.14. The third-order valence-electron chi connectivity index (χ3n) is 5.17. The molecule has 0 bridgehead atoms. The number of nitrogens with zero attached hydrogens (tertiary/aromatic N) is 5. The van der Waals surface area contributed by atoms with Crippen molar-refractivity contribution < 1.29 is 18.0 Å². The molecule has 0 atom stereocenters. The van der Waals surface area contributed by atoms with Crippen LogP contribution < -0.4 is 5.32 Å². The highest BCUT2D eigenvalue weighted by atomic mass is 79.9. The molecule has 0 unspecified atom stereocenters. The number of halogens is 4. The summed E-state index contributed by atoms with van der Waals surface area (Å²) in [4.78, 5) is 24.0. The minimum Gasteiger partial charge on any atom is -0.322 e. The lowest BCUT2D eigenvalue weighted by atomic mass is 10.3. The van der Waals surface area contributed by atoms with E-state index >= 15 is 0 Å². The molecule has 0 radical (unpaired) electrons. The van der Waals surface area contributed by atoms with E-state index in [-0.39, 0.29) is 23.7 Å². The molecule has 0 saturated carbocycles. The number of benzene rings is 1. The minimum absolute atomic E-state index is 0.117. The monoisotopic (exact) mass is 496 g/mol. The molecule has 2 aromatic heterocycles. The molecule has 1 saturated heterocycles. The normalized spacial score (nSPS) is 15.4. The molecule has 31 heavy (non-hydrogen) atoms. The molecule has 0 spiro atoms. The van der Waals surface area contributed by atoms with Gasteiger partial charge >= 0.3 is 12.2 Å². The van der Waals surface area contributed by atoms with Gasteiger partial charge in [-0.3, -0.25) is 4.90 Å². The van der Waals surface area contributed by atoms with Crippen LogP contribution in [-0.2, 0) is 12.7 Å². The largest absolute Gasteiger partial charge is 0.449 e. The molecule has 0 aliphatic carbocycles. The van der Waals surface area contributed by atoms with E-state index in [0.29, 0.717) is 38.4 Å². The van der Waals surface area contributed by atoms with E-state index in [0.717, 1.165) is 9.04 Å². The number of urea groups is 1. The molecular formula is C20H20BrF3N6O. The first-order valence-electron chi connectivity index (χ1n) is 9.74. The van der Waals surface area contributed by atoms with Crippen molar-refractivity contribution in [1.82, 2.24) is 24.3 Å². The van der Waals surface area contributed by atoms with Gasteiger partial charge in [0.05, 0.1) is 5.69 Å². The van der Waals surface area contributed by atoms with E-state index in [9.17, 15) is 18.0 Å². The van der Waals surface area contributed by atoms with Gasteiger partial charge < -0.3 is 14.8 Å². The summed E-state index contributed by atoms with van der Waals surface area (Å²) in [7, 11) is 0. The van der Waals surface area contributed by atoms with Crippen LogP contribution in [0.5, 0.6) is 0 Å². The third-order valence-corrected chi connectivity index (χ3v) is 5.86. The van der Waals surface area contributed by atoms with Crippen molar-refractivity contribution in [3.05, 3.63) is 52.9 Å². The van der Waals surface area contributed by atoms with Gasteiger partial charge in [0.15, 0.2) is 5.65 Å². The topological polar surface area (TPSA) is 66.3 Å². The Bertz CT molecular complexity index is 1080. The fourth-order valence-electron chi connectivity index (χ4n) is 3.56. The smallest absolute Gasteiger partial charge is 0.322 e. The highest BCUT2D eigenvalue weighted by Crippen LogP contribution is 2.30. The standard InChI is InChI=1S/C20H20BrF3N6O/c21-14-4-1-2-5-15(14)27-19(31)29-11-8-28(9-12-29)10-13-30-17-16(6-3-7-25-17)26-18(30)20(22,23)24/h1-7H,8-13H2,(H,27,31). The summed E-state index contributed by atoms with van der Waals surface area (Å²) in [6.07, 6.45) is -3.09. The van der Waals surface area contributed by atoms with Crippen LogP contribution in [0.4, 0.5) is 23.7 Å². The zero-order valence-electron chi connectivity index (χ0n) is 16.4. The molecule has 4 rings (SSSR count). The van der Waals surface area contributed by atoms with E-state index in [2.05, 4.69) is 31.2 Å². The van der Waals surface area contributed by atoms with Crippen molar-refractivity contribution in [2.45, 2.75) is 12.7 Å². The number of aromatic nitrogens is 3. The number of imidazole rings is 1. The Hall–Kier alpha value is -2.66. The van der Waals surface area contributed by atoms with Crippen molar-refractivity contribution in [2.75, 3.05) is 38.0 Å². The van der Waals surface area contributed by atoms with Gasteiger partial charge in [-0.05, 0) is 40.2 Å². The molecule has 7 nitrogen and oxygen atoms in total. The number of alkyl halides is 3. The summed E-state index contributed by atoms with van der Waals surface area (Å²) < 4.78 is 42.2. The summed E-state index contributed by atoms with van der Waals surface area (Å²) in [5, 5.41) is 2.87. The van der Waals surface area contributed by atoms with Crippen LogP contribution >= 0.6 is 15.9 Å². The lowest BCUT2D eigenvalue weighted by Crippen LogP contribution is -2.50. The van der Waals surface area contributed by atoms with E-state index in [1.54, 1.807) is 17.0 Å². The number of piperazine rings is 1. The van der Waals surface area contributed by atoms with Crippen LogP contribution in [0.25, 0.3) is 11.2 Å². The minimum atomic E-state index is -4.55. The fourth-order valence-corrected chi connectivity index (χ4v) is 3.94. The Balaban J connectivity index is 1.36. The Kier molecular flexibility index (Phi) is 6.15. The van der Waals surface area contributed by atoms with Crippen molar-refractivity contribution in [3.8, 4) is 0 Å². The van der Waals surface area contributed by atoms with Gasteiger partial charge in [0, 0.05) is 49.9 Å². The first-order chi connectivity index (χ1) is 14.8. The predicted molar refractivity (Wildman–Crippen MR) is 114 cm³/mol. The van der Waals surface area contributed by atoms with Gasteiger partial charge in [0.1, 0.15) is 5.52 Å². The maximum absolute atomic E-state index is 13.4. The first-order valence-corrected chi connectivity index (χ1v) is 10.5. The molecule has 1 N–H and O–H groups in total. The summed E-state index contributed by atoms with van der Waals surface area (Å²) in [6.45, 7) is 2.66. The molecular weight excluding hydrogens is 477 g/mol. The zero-order valence-corrected chi connectivity index (χ0v) is 18.0. The maximum Gasteiger partial charge on any atom is 0.449 e. The number of carbonyl (C=O) groups is 1. The van der Waals surface area contributed by atoms with Crippen LogP contribution in [0.1, 0.15) is 5.82 Å². The summed E-state index contributed by atoms with van der Waals surface area (Å²) in [6, 6.07) is 10.2. The molecule has 1 aliphatic rings. The summed E-state index contributed by atoms with van der Waals surface area (Å²) >= 11 is 3.40.